The summed E-state index contributed by atoms with van der Waals surface area (Å²) in [6.07, 6.45) is 3.46. The molecule has 2 rings (SSSR count). The van der Waals surface area contributed by atoms with E-state index >= 15 is 0 Å². The van der Waals surface area contributed by atoms with Crippen molar-refractivity contribution in [3.8, 4) is 0 Å². The van der Waals surface area contributed by atoms with Gasteiger partial charge in [0.2, 0.25) is 0 Å². The molecule has 1 aliphatic heterocycles. The lowest BCUT2D eigenvalue weighted by Gasteiger charge is -2.42. The van der Waals surface area contributed by atoms with Crippen molar-refractivity contribution in [1.29, 1.82) is 0 Å². The molecule has 1 aromatic rings. The third-order valence-electron chi connectivity index (χ3n) is 4.17. The Morgan fingerprint density at radius 2 is 2.12 bits per heavy atom. The molecule has 0 saturated carbocycles. The second-order valence-electron chi connectivity index (χ2n) is 5.81. The van der Waals surface area contributed by atoms with Crippen LogP contribution in [0.1, 0.15) is 27.2 Å². The second-order valence-corrected chi connectivity index (χ2v) is 7.69. The van der Waals surface area contributed by atoms with Crippen molar-refractivity contribution in [3.63, 3.8) is 0 Å². The Morgan fingerprint density at radius 3 is 2.68 bits per heavy atom. The topological polar surface area (TPSA) is 107 Å². The molecule has 1 saturated heterocycles. The van der Waals surface area contributed by atoms with Gasteiger partial charge in [0.1, 0.15) is 11.9 Å². The minimum absolute atomic E-state index is 0.156. The van der Waals surface area contributed by atoms with Crippen molar-refractivity contribution < 1.29 is 18.5 Å². The van der Waals surface area contributed by atoms with Crippen LogP contribution in [-0.4, -0.2) is 42.3 Å². The van der Waals surface area contributed by atoms with E-state index < -0.39 is 12.7 Å². The molecule has 2 unspecified atom stereocenters. The normalized spacial score (nSPS) is 21.1. The van der Waals surface area contributed by atoms with Crippen LogP contribution in [0, 0.1) is 16.0 Å². The van der Waals surface area contributed by atoms with Crippen molar-refractivity contribution in [2.45, 2.75) is 33.2 Å². The first-order valence-corrected chi connectivity index (χ1v) is 9.92. The fourth-order valence-corrected chi connectivity index (χ4v) is 5.08. The van der Waals surface area contributed by atoms with Gasteiger partial charge in [-0.3, -0.25) is 28.8 Å². The first-order valence-electron chi connectivity index (χ1n) is 8.42. The van der Waals surface area contributed by atoms with Gasteiger partial charge in [0.05, 0.1) is 24.2 Å². The van der Waals surface area contributed by atoms with Gasteiger partial charge in [0.15, 0.2) is 0 Å². The number of hydrogen-bond donors (Lipinski definition) is 1. The van der Waals surface area contributed by atoms with Crippen molar-refractivity contribution in [2.75, 3.05) is 31.0 Å². The summed E-state index contributed by atoms with van der Waals surface area (Å²) in [6.45, 7) is 7.18. The maximum Gasteiger partial charge on any atom is 0.435 e. The summed E-state index contributed by atoms with van der Waals surface area (Å²) in [6, 6.07) is 1.23. The average Bonchev–Trinajstić information content (AvgIpc) is 2.57. The Balaban J connectivity index is 2.60. The van der Waals surface area contributed by atoms with E-state index in [2.05, 4.69) is 10.3 Å². The molecule has 1 fully saturated rings. The lowest BCUT2D eigenvalue weighted by molar-refractivity contribution is -0.384. The van der Waals surface area contributed by atoms with Crippen LogP contribution in [0.25, 0.3) is 0 Å². The Hall–Kier alpha value is -1.54. The van der Waals surface area contributed by atoms with E-state index in [-0.39, 0.29) is 36.5 Å². The molecular formula is C15H25N4O5P. The summed E-state index contributed by atoms with van der Waals surface area (Å²) in [5.74, 6) is 0.156. The summed E-state index contributed by atoms with van der Waals surface area (Å²) in [4.78, 5) is 14.8. The molecule has 0 aromatic carbocycles. The van der Waals surface area contributed by atoms with E-state index in [1.165, 1.54) is 16.9 Å². The van der Waals surface area contributed by atoms with E-state index in [1.807, 2.05) is 6.92 Å². The second kappa shape index (κ2) is 8.71. The molecule has 140 valence electrons. The highest BCUT2D eigenvalue weighted by atomic mass is 31.2. The molecule has 1 N–H and O–H groups in total. The van der Waals surface area contributed by atoms with Gasteiger partial charge in [0, 0.05) is 12.7 Å². The molecule has 1 aliphatic rings. The number of rotatable bonds is 8. The third-order valence-corrected chi connectivity index (χ3v) is 6.38. The highest BCUT2D eigenvalue weighted by Gasteiger charge is 2.44. The van der Waals surface area contributed by atoms with Gasteiger partial charge < -0.3 is 5.32 Å². The highest BCUT2D eigenvalue weighted by Crippen LogP contribution is 2.57. The molecule has 9 nitrogen and oxygen atoms in total. The largest absolute Gasteiger partial charge is 0.435 e. The van der Waals surface area contributed by atoms with Crippen LogP contribution in [0.5, 0.6) is 0 Å². The highest BCUT2D eigenvalue weighted by molar-refractivity contribution is 7.55. The summed E-state index contributed by atoms with van der Waals surface area (Å²) < 4.78 is 26.0. The van der Waals surface area contributed by atoms with Crippen LogP contribution in [0.3, 0.4) is 0 Å². The minimum Gasteiger partial charge on any atom is -0.315 e. The van der Waals surface area contributed by atoms with Gasteiger partial charge >= 0.3 is 13.4 Å². The monoisotopic (exact) mass is 372 g/mol. The Bertz CT molecular complexity index is 634. The van der Waals surface area contributed by atoms with Crippen molar-refractivity contribution in [1.82, 2.24) is 10.3 Å². The van der Waals surface area contributed by atoms with Gasteiger partial charge in [-0.2, -0.15) is 0 Å². The predicted octanol–water partition coefficient (Wildman–Crippen LogP) is 2.98. The molecule has 0 spiro atoms. The van der Waals surface area contributed by atoms with Crippen LogP contribution in [-0.2, 0) is 13.6 Å². The van der Waals surface area contributed by atoms with Gasteiger partial charge in [-0.1, -0.05) is 6.92 Å². The van der Waals surface area contributed by atoms with Gasteiger partial charge in [-0.05, 0) is 38.8 Å². The maximum absolute atomic E-state index is 13.5. The molecule has 2 heterocycles. The number of anilines is 1. The van der Waals surface area contributed by atoms with E-state index in [0.29, 0.717) is 6.54 Å². The number of pyridine rings is 1. The SMILES string of the molecule is CCOP(=O)(OCC)N(c1ccncc1[N+](=O)[O-])C1CNCCC1C. The van der Waals surface area contributed by atoms with Crippen molar-refractivity contribution >= 4 is 19.1 Å². The number of piperidine rings is 1. The molecule has 0 amide bonds. The molecule has 1 aromatic heterocycles. The summed E-state index contributed by atoms with van der Waals surface area (Å²) >= 11 is 0. The molecule has 2 atom stereocenters. The number of nitrogens with zero attached hydrogens (tertiary/aromatic N) is 3. The summed E-state index contributed by atoms with van der Waals surface area (Å²) in [5.41, 5.74) is -0.0225. The summed E-state index contributed by atoms with van der Waals surface area (Å²) in [5, 5.41) is 14.7. The minimum atomic E-state index is -3.76. The van der Waals surface area contributed by atoms with Gasteiger partial charge in [-0.25, -0.2) is 4.57 Å². The zero-order valence-electron chi connectivity index (χ0n) is 14.8. The van der Waals surface area contributed by atoms with Gasteiger partial charge in [-0.15, -0.1) is 0 Å². The van der Waals surface area contributed by atoms with E-state index in [0.717, 1.165) is 19.2 Å². The molecule has 0 aliphatic carbocycles. The van der Waals surface area contributed by atoms with Crippen LogP contribution >= 0.6 is 7.75 Å². The summed E-state index contributed by atoms with van der Waals surface area (Å²) in [7, 11) is -3.76. The van der Waals surface area contributed by atoms with Crippen LogP contribution in [0.15, 0.2) is 18.5 Å². The van der Waals surface area contributed by atoms with Crippen LogP contribution < -0.4 is 9.99 Å². The maximum atomic E-state index is 13.5. The van der Waals surface area contributed by atoms with Crippen LogP contribution in [0.4, 0.5) is 11.4 Å². The molecule has 0 radical (unpaired) electrons. The third kappa shape index (κ3) is 4.36. The van der Waals surface area contributed by atoms with E-state index in [1.54, 1.807) is 13.8 Å². The zero-order valence-corrected chi connectivity index (χ0v) is 15.6. The molecular weight excluding hydrogens is 347 g/mol. The molecule has 10 heteroatoms. The molecule has 0 bridgehead atoms. The van der Waals surface area contributed by atoms with E-state index in [4.69, 9.17) is 9.05 Å². The quantitative estimate of drug-likeness (QED) is 0.422. The zero-order chi connectivity index (χ0) is 18.4. The number of nitro groups is 1. The first kappa shape index (κ1) is 19.8. The van der Waals surface area contributed by atoms with Crippen LogP contribution in [0.2, 0.25) is 0 Å². The Labute approximate surface area is 147 Å². The predicted molar refractivity (Wildman–Crippen MR) is 94.7 cm³/mol. The smallest absolute Gasteiger partial charge is 0.315 e. The number of aromatic nitrogens is 1. The van der Waals surface area contributed by atoms with Gasteiger partial charge in [0.25, 0.3) is 0 Å². The molecule has 25 heavy (non-hydrogen) atoms. The standard InChI is InChI=1S/C15H25N4O5P/c1-4-23-25(22,24-5-2)18(14-10-16-8-6-12(14)3)13-7-9-17-11-15(13)19(20)21/h7,9,11-12,14,16H,4-6,8,10H2,1-3H3. The fourth-order valence-electron chi connectivity index (χ4n) is 2.99. The number of hydrogen-bond acceptors (Lipinski definition) is 7. The Morgan fingerprint density at radius 1 is 1.44 bits per heavy atom. The average molecular weight is 372 g/mol. The van der Waals surface area contributed by atoms with E-state index in [9.17, 15) is 14.7 Å². The van der Waals surface area contributed by atoms with Crippen molar-refractivity contribution in [2.24, 2.45) is 5.92 Å². The number of nitrogens with one attached hydrogen (secondary N) is 1. The Kier molecular flexibility index (Phi) is 6.89. The lowest BCUT2D eigenvalue weighted by atomic mass is 9.94. The van der Waals surface area contributed by atoms with Crippen molar-refractivity contribution in [3.05, 3.63) is 28.6 Å². The first-order chi connectivity index (χ1) is 11.9. The lowest BCUT2D eigenvalue weighted by Crippen LogP contribution is -2.50. The fraction of sp³-hybridized carbons (Fsp3) is 0.667.